The van der Waals surface area contributed by atoms with Crippen LogP contribution in [0.4, 0.5) is 5.69 Å². The lowest BCUT2D eigenvalue weighted by molar-refractivity contribution is -0.384. The van der Waals surface area contributed by atoms with Crippen molar-refractivity contribution in [2.24, 2.45) is 0 Å². The average Bonchev–Trinajstić information content (AvgIpc) is 2.55. The number of non-ortho nitro benzene ring substituents is 1. The van der Waals surface area contributed by atoms with Crippen LogP contribution in [0.2, 0.25) is 0 Å². The van der Waals surface area contributed by atoms with Crippen LogP contribution in [0.3, 0.4) is 0 Å². The molecule has 112 valence electrons. The van der Waals surface area contributed by atoms with Crippen molar-refractivity contribution in [1.29, 1.82) is 0 Å². The minimum Gasteiger partial charge on any atom is -0.454 e. The Morgan fingerprint density at radius 3 is 2.36 bits per heavy atom. The second-order valence-electron chi connectivity index (χ2n) is 4.63. The van der Waals surface area contributed by atoms with Gasteiger partial charge >= 0.3 is 5.97 Å². The number of nitro groups is 1. The normalized spacial score (nSPS) is 11.5. The van der Waals surface area contributed by atoms with E-state index in [1.807, 2.05) is 30.3 Å². The van der Waals surface area contributed by atoms with Gasteiger partial charge in [-0.15, -0.1) is 6.58 Å². The Morgan fingerprint density at radius 2 is 1.82 bits per heavy atom. The van der Waals surface area contributed by atoms with Gasteiger partial charge in [0.2, 0.25) is 0 Å². The van der Waals surface area contributed by atoms with E-state index in [2.05, 4.69) is 6.58 Å². The highest BCUT2D eigenvalue weighted by Crippen LogP contribution is 2.23. The molecule has 0 saturated heterocycles. The number of benzene rings is 2. The number of carbonyl (C=O) groups is 1. The van der Waals surface area contributed by atoms with Gasteiger partial charge in [-0.2, -0.15) is 0 Å². The van der Waals surface area contributed by atoms with E-state index in [0.29, 0.717) is 6.42 Å². The van der Waals surface area contributed by atoms with E-state index in [9.17, 15) is 14.9 Å². The molecular weight excluding hydrogens is 282 g/mol. The van der Waals surface area contributed by atoms with Crippen molar-refractivity contribution in [3.63, 3.8) is 0 Å². The first-order valence-corrected chi connectivity index (χ1v) is 6.73. The van der Waals surface area contributed by atoms with Gasteiger partial charge in [0.25, 0.3) is 5.69 Å². The first-order chi connectivity index (χ1) is 10.6. The Kier molecular flexibility index (Phi) is 5.03. The van der Waals surface area contributed by atoms with Crippen LogP contribution in [0, 0.1) is 10.1 Å². The maximum Gasteiger partial charge on any atom is 0.338 e. The highest BCUT2D eigenvalue weighted by Gasteiger charge is 2.17. The van der Waals surface area contributed by atoms with Gasteiger partial charge < -0.3 is 4.74 Å². The van der Waals surface area contributed by atoms with E-state index in [1.54, 1.807) is 6.08 Å². The van der Waals surface area contributed by atoms with Crippen LogP contribution in [0.5, 0.6) is 0 Å². The van der Waals surface area contributed by atoms with Crippen LogP contribution in [-0.2, 0) is 4.74 Å². The van der Waals surface area contributed by atoms with Gasteiger partial charge in [-0.3, -0.25) is 10.1 Å². The topological polar surface area (TPSA) is 69.4 Å². The maximum atomic E-state index is 12.2. The molecule has 0 amide bonds. The second-order valence-corrected chi connectivity index (χ2v) is 4.63. The minimum absolute atomic E-state index is 0.0674. The summed E-state index contributed by atoms with van der Waals surface area (Å²) in [6, 6.07) is 14.7. The van der Waals surface area contributed by atoms with Crippen molar-refractivity contribution >= 4 is 11.7 Å². The quantitative estimate of drug-likeness (QED) is 0.349. The number of esters is 1. The second kappa shape index (κ2) is 7.17. The van der Waals surface area contributed by atoms with E-state index in [0.717, 1.165) is 5.56 Å². The monoisotopic (exact) mass is 297 g/mol. The average molecular weight is 297 g/mol. The van der Waals surface area contributed by atoms with Crippen molar-refractivity contribution in [2.75, 3.05) is 0 Å². The smallest absolute Gasteiger partial charge is 0.338 e. The Balaban J connectivity index is 2.14. The zero-order valence-electron chi connectivity index (χ0n) is 11.8. The molecule has 0 aliphatic carbocycles. The maximum absolute atomic E-state index is 12.2. The molecule has 0 aliphatic rings. The molecule has 0 aliphatic heterocycles. The van der Waals surface area contributed by atoms with E-state index in [-0.39, 0.29) is 11.3 Å². The van der Waals surface area contributed by atoms with E-state index < -0.39 is 17.0 Å². The van der Waals surface area contributed by atoms with Crippen LogP contribution in [-0.4, -0.2) is 10.9 Å². The summed E-state index contributed by atoms with van der Waals surface area (Å²) in [6.45, 7) is 3.67. The van der Waals surface area contributed by atoms with Gasteiger partial charge in [0, 0.05) is 18.6 Å². The molecule has 2 aromatic carbocycles. The molecule has 0 fully saturated rings. The molecule has 5 nitrogen and oxygen atoms in total. The number of hydrogen-bond donors (Lipinski definition) is 0. The van der Waals surface area contributed by atoms with Gasteiger partial charge in [-0.25, -0.2) is 4.79 Å². The zero-order valence-corrected chi connectivity index (χ0v) is 11.8. The lowest BCUT2D eigenvalue weighted by Crippen LogP contribution is -2.11. The molecule has 0 saturated carbocycles. The fourth-order valence-corrected chi connectivity index (χ4v) is 1.99. The Bertz CT molecular complexity index is 665. The van der Waals surface area contributed by atoms with Crippen molar-refractivity contribution in [3.8, 4) is 0 Å². The van der Waals surface area contributed by atoms with Gasteiger partial charge in [-0.1, -0.05) is 36.4 Å². The highest BCUT2D eigenvalue weighted by atomic mass is 16.6. The highest BCUT2D eigenvalue weighted by molar-refractivity contribution is 5.89. The first-order valence-electron chi connectivity index (χ1n) is 6.73. The summed E-state index contributed by atoms with van der Waals surface area (Å²) >= 11 is 0. The number of hydrogen-bond acceptors (Lipinski definition) is 4. The summed E-state index contributed by atoms with van der Waals surface area (Å²) in [7, 11) is 0. The van der Waals surface area contributed by atoms with Crippen LogP contribution in [0.1, 0.15) is 28.4 Å². The van der Waals surface area contributed by atoms with E-state index in [4.69, 9.17) is 4.74 Å². The molecule has 0 spiro atoms. The lowest BCUT2D eigenvalue weighted by Gasteiger charge is -2.16. The first kappa shape index (κ1) is 15.4. The summed E-state index contributed by atoms with van der Waals surface area (Å²) in [5, 5.41) is 10.6. The number of ether oxygens (including phenoxy) is 1. The molecule has 0 N–H and O–H groups in total. The summed E-state index contributed by atoms with van der Waals surface area (Å²) in [5.41, 5.74) is 1.08. The third-order valence-electron chi connectivity index (χ3n) is 3.12. The SMILES string of the molecule is C=CC[C@@H](OC(=O)c1ccc([N+](=O)[O-])cc1)c1ccccc1. The number of carbonyl (C=O) groups excluding carboxylic acids is 1. The Morgan fingerprint density at radius 1 is 1.18 bits per heavy atom. The van der Waals surface area contributed by atoms with Gasteiger partial charge in [0.15, 0.2) is 0 Å². The summed E-state index contributed by atoms with van der Waals surface area (Å²) in [4.78, 5) is 22.3. The molecule has 2 aromatic rings. The Labute approximate surface area is 128 Å². The summed E-state index contributed by atoms with van der Waals surface area (Å²) in [5.74, 6) is -0.523. The molecule has 0 aromatic heterocycles. The molecule has 1 atom stereocenters. The molecule has 22 heavy (non-hydrogen) atoms. The van der Waals surface area contributed by atoms with Gasteiger partial charge in [0.1, 0.15) is 6.10 Å². The molecule has 0 unspecified atom stereocenters. The van der Waals surface area contributed by atoms with Crippen LogP contribution in [0.25, 0.3) is 0 Å². The standard InChI is InChI=1S/C17H15NO4/c1-2-6-16(13-7-4-3-5-8-13)22-17(19)14-9-11-15(12-10-14)18(20)21/h2-5,7-12,16H,1,6H2/t16-/m1/s1. The molecule has 2 rings (SSSR count). The molecule has 0 bridgehead atoms. The fraction of sp³-hybridized carbons (Fsp3) is 0.118. The minimum atomic E-state index is -0.523. The molecule has 0 heterocycles. The van der Waals surface area contributed by atoms with Crippen molar-refractivity contribution in [3.05, 3.63) is 88.5 Å². The summed E-state index contributed by atoms with van der Waals surface area (Å²) < 4.78 is 5.48. The van der Waals surface area contributed by atoms with E-state index >= 15 is 0 Å². The van der Waals surface area contributed by atoms with Crippen molar-refractivity contribution in [2.45, 2.75) is 12.5 Å². The summed E-state index contributed by atoms with van der Waals surface area (Å²) in [6.07, 6.45) is 1.74. The van der Waals surface area contributed by atoms with Gasteiger partial charge in [-0.05, 0) is 17.7 Å². The number of nitro benzene ring substituents is 1. The van der Waals surface area contributed by atoms with Crippen molar-refractivity contribution in [1.82, 2.24) is 0 Å². The molecule has 5 heteroatoms. The third-order valence-corrected chi connectivity index (χ3v) is 3.12. The largest absolute Gasteiger partial charge is 0.454 e. The third kappa shape index (κ3) is 3.79. The Hall–Kier alpha value is -2.95. The van der Waals surface area contributed by atoms with Crippen LogP contribution >= 0.6 is 0 Å². The van der Waals surface area contributed by atoms with E-state index in [1.165, 1.54) is 24.3 Å². The van der Waals surface area contributed by atoms with Crippen LogP contribution < -0.4 is 0 Å². The van der Waals surface area contributed by atoms with Gasteiger partial charge in [0.05, 0.1) is 10.5 Å². The van der Waals surface area contributed by atoms with Crippen LogP contribution in [0.15, 0.2) is 67.3 Å². The van der Waals surface area contributed by atoms with Crippen molar-refractivity contribution < 1.29 is 14.5 Å². The zero-order chi connectivity index (χ0) is 15.9. The fourth-order valence-electron chi connectivity index (χ4n) is 1.99. The molecular formula is C17H15NO4. The lowest BCUT2D eigenvalue weighted by atomic mass is 10.1. The predicted molar refractivity (Wildman–Crippen MR) is 82.5 cm³/mol. The number of rotatable bonds is 6. The molecule has 0 radical (unpaired) electrons. The predicted octanol–water partition coefficient (Wildman–Crippen LogP) is 4.07. The number of nitrogens with zero attached hydrogens (tertiary/aromatic N) is 1.